The number of nitrogens with zero attached hydrogens (tertiary/aromatic N) is 2. The van der Waals surface area contributed by atoms with Crippen molar-refractivity contribution in [3.8, 4) is 0 Å². The molecule has 0 saturated carbocycles. The molecule has 0 aliphatic carbocycles. The summed E-state index contributed by atoms with van der Waals surface area (Å²) >= 11 is 5.98. The summed E-state index contributed by atoms with van der Waals surface area (Å²) in [6.07, 6.45) is 0.921. The largest absolute Gasteiger partial charge is 0.354 e. The molecule has 0 aliphatic heterocycles. The van der Waals surface area contributed by atoms with Gasteiger partial charge in [0, 0.05) is 6.54 Å². The molecule has 0 radical (unpaired) electrons. The molecule has 4 nitrogen and oxygen atoms in total. The van der Waals surface area contributed by atoms with Crippen molar-refractivity contribution in [2.24, 2.45) is 0 Å². The van der Waals surface area contributed by atoms with Crippen molar-refractivity contribution in [3.63, 3.8) is 0 Å². The van der Waals surface area contributed by atoms with E-state index in [2.05, 4.69) is 10.3 Å². The van der Waals surface area contributed by atoms with Crippen LogP contribution in [0.15, 0.2) is 18.2 Å². The van der Waals surface area contributed by atoms with Gasteiger partial charge in [-0.1, -0.05) is 13.0 Å². The highest BCUT2D eigenvalue weighted by molar-refractivity contribution is 6.17. The number of aryl methyl sites for hydroxylation is 1. The summed E-state index contributed by atoms with van der Waals surface area (Å²) in [5, 5.41) is 2.92. The van der Waals surface area contributed by atoms with Gasteiger partial charge in [-0.25, -0.2) is 4.98 Å². The second-order valence-electron chi connectivity index (χ2n) is 4.99. The fourth-order valence-corrected chi connectivity index (χ4v) is 2.49. The fraction of sp³-hybridized carbons (Fsp3) is 0.467. The highest BCUT2D eigenvalue weighted by Crippen LogP contribution is 2.23. The zero-order valence-corrected chi connectivity index (χ0v) is 12.9. The van der Waals surface area contributed by atoms with Crippen LogP contribution in [-0.4, -0.2) is 22.0 Å². The van der Waals surface area contributed by atoms with Gasteiger partial charge in [-0.3, -0.25) is 4.79 Å². The standard InChI is InChI=1S/C15H20ClN3O/c1-4-7-17-15(20)11(3)19-13-6-5-10(2)8-12(13)18-14(19)9-16/h5-6,8,11H,4,7,9H2,1-3H3,(H,17,20). The first-order valence-corrected chi connectivity index (χ1v) is 7.43. The molecule has 20 heavy (non-hydrogen) atoms. The fourth-order valence-electron chi connectivity index (χ4n) is 2.30. The van der Waals surface area contributed by atoms with Gasteiger partial charge in [-0.2, -0.15) is 0 Å². The maximum absolute atomic E-state index is 12.2. The predicted molar refractivity (Wildman–Crippen MR) is 82.0 cm³/mol. The van der Waals surface area contributed by atoms with Gasteiger partial charge in [-0.05, 0) is 38.0 Å². The zero-order chi connectivity index (χ0) is 14.7. The van der Waals surface area contributed by atoms with Gasteiger partial charge in [-0.15, -0.1) is 11.6 Å². The lowest BCUT2D eigenvalue weighted by Crippen LogP contribution is -2.32. The van der Waals surface area contributed by atoms with E-state index in [1.807, 2.05) is 43.5 Å². The van der Waals surface area contributed by atoms with Gasteiger partial charge in [0.1, 0.15) is 11.9 Å². The first kappa shape index (κ1) is 14.9. The zero-order valence-electron chi connectivity index (χ0n) is 12.1. The summed E-state index contributed by atoms with van der Waals surface area (Å²) in [5.41, 5.74) is 2.98. The Labute approximate surface area is 124 Å². The second-order valence-corrected chi connectivity index (χ2v) is 5.26. The Hall–Kier alpha value is -1.55. The van der Waals surface area contributed by atoms with Crippen molar-refractivity contribution in [3.05, 3.63) is 29.6 Å². The van der Waals surface area contributed by atoms with Crippen LogP contribution in [-0.2, 0) is 10.7 Å². The summed E-state index contributed by atoms with van der Waals surface area (Å²) in [7, 11) is 0. The van der Waals surface area contributed by atoms with Gasteiger partial charge in [0.15, 0.2) is 0 Å². The van der Waals surface area contributed by atoms with Crippen LogP contribution in [0.1, 0.15) is 37.7 Å². The van der Waals surface area contributed by atoms with Crippen molar-refractivity contribution in [1.29, 1.82) is 0 Å². The van der Waals surface area contributed by atoms with E-state index in [-0.39, 0.29) is 11.9 Å². The molecule has 0 saturated heterocycles. The number of nitrogens with one attached hydrogen (secondary N) is 1. The maximum atomic E-state index is 12.2. The average Bonchev–Trinajstić information content (AvgIpc) is 2.81. The molecule has 108 valence electrons. The highest BCUT2D eigenvalue weighted by Gasteiger charge is 2.20. The molecule has 1 N–H and O–H groups in total. The first-order valence-electron chi connectivity index (χ1n) is 6.89. The van der Waals surface area contributed by atoms with Gasteiger partial charge in [0.05, 0.1) is 16.9 Å². The molecule has 2 aromatic rings. The summed E-state index contributed by atoms with van der Waals surface area (Å²) in [6.45, 7) is 6.62. The van der Waals surface area contributed by atoms with Crippen molar-refractivity contribution < 1.29 is 4.79 Å². The molecule has 0 spiro atoms. The molecule has 1 aromatic heterocycles. The molecule has 2 rings (SSSR count). The molecule has 1 unspecified atom stereocenters. The Kier molecular flexibility index (Phi) is 4.65. The van der Waals surface area contributed by atoms with Gasteiger partial charge in [0.25, 0.3) is 0 Å². The van der Waals surface area contributed by atoms with E-state index in [4.69, 9.17) is 11.6 Å². The van der Waals surface area contributed by atoms with Crippen molar-refractivity contribution in [2.75, 3.05) is 6.54 Å². The molecule has 1 heterocycles. The molecule has 1 atom stereocenters. The Morgan fingerprint density at radius 2 is 2.25 bits per heavy atom. The van der Waals surface area contributed by atoms with E-state index in [1.165, 1.54) is 0 Å². The minimum Gasteiger partial charge on any atom is -0.354 e. The summed E-state index contributed by atoms with van der Waals surface area (Å²) in [6, 6.07) is 5.72. The number of rotatable bonds is 5. The minimum atomic E-state index is -0.317. The number of amides is 1. The quantitative estimate of drug-likeness (QED) is 0.861. The normalized spacial score (nSPS) is 12.6. The summed E-state index contributed by atoms with van der Waals surface area (Å²) in [5.74, 6) is 1.02. The summed E-state index contributed by atoms with van der Waals surface area (Å²) < 4.78 is 1.92. The lowest BCUT2D eigenvalue weighted by Gasteiger charge is -2.16. The SMILES string of the molecule is CCCNC(=O)C(C)n1c(CCl)nc2cc(C)ccc21. The number of fused-ring (bicyclic) bond motifs is 1. The van der Waals surface area contributed by atoms with E-state index >= 15 is 0 Å². The number of alkyl halides is 1. The Morgan fingerprint density at radius 1 is 1.50 bits per heavy atom. The first-order chi connectivity index (χ1) is 9.58. The van der Waals surface area contributed by atoms with Gasteiger partial charge >= 0.3 is 0 Å². The third kappa shape index (κ3) is 2.80. The molecular formula is C15H20ClN3O. The average molecular weight is 294 g/mol. The van der Waals surface area contributed by atoms with Crippen LogP contribution in [0.5, 0.6) is 0 Å². The number of imidazole rings is 1. The molecule has 5 heteroatoms. The molecule has 0 fully saturated rings. The number of hydrogen-bond donors (Lipinski definition) is 1. The van der Waals surface area contributed by atoms with Crippen LogP contribution >= 0.6 is 11.6 Å². The monoisotopic (exact) mass is 293 g/mol. The number of benzene rings is 1. The van der Waals surface area contributed by atoms with Crippen LogP contribution in [0.2, 0.25) is 0 Å². The highest BCUT2D eigenvalue weighted by atomic mass is 35.5. The van der Waals surface area contributed by atoms with Crippen LogP contribution in [0, 0.1) is 6.92 Å². The third-order valence-corrected chi connectivity index (χ3v) is 3.59. The van der Waals surface area contributed by atoms with Crippen LogP contribution in [0.3, 0.4) is 0 Å². The van der Waals surface area contributed by atoms with Crippen LogP contribution < -0.4 is 5.32 Å². The number of halogens is 1. The van der Waals surface area contributed by atoms with E-state index in [1.54, 1.807) is 0 Å². The molecular weight excluding hydrogens is 274 g/mol. The summed E-state index contributed by atoms with van der Waals surface area (Å²) in [4.78, 5) is 16.7. The number of carbonyl (C=O) groups is 1. The lowest BCUT2D eigenvalue weighted by atomic mass is 10.2. The van der Waals surface area contributed by atoms with Crippen molar-refractivity contribution >= 4 is 28.5 Å². The van der Waals surface area contributed by atoms with Crippen LogP contribution in [0.25, 0.3) is 11.0 Å². The maximum Gasteiger partial charge on any atom is 0.242 e. The van der Waals surface area contributed by atoms with Crippen molar-refractivity contribution in [1.82, 2.24) is 14.9 Å². The van der Waals surface area contributed by atoms with Crippen molar-refractivity contribution in [2.45, 2.75) is 39.1 Å². The molecule has 0 bridgehead atoms. The van der Waals surface area contributed by atoms with Gasteiger partial charge in [0.2, 0.25) is 5.91 Å². The second kappa shape index (κ2) is 6.27. The molecule has 1 aromatic carbocycles. The number of carbonyl (C=O) groups excluding carboxylic acids is 1. The molecule has 1 amide bonds. The Bertz CT molecular complexity index is 621. The topological polar surface area (TPSA) is 46.9 Å². The molecule has 0 aliphatic rings. The number of hydrogen-bond acceptors (Lipinski definition) is 2. The third-order valence-electron chi connectivity index (χ3n) is 3.35. The van der Waals surface area contributed by atoms with E-state index in [0.717, 1.165) is 28.8 Å². The van der Waals surface area contributed by atoms with Gasteiger partial charge < -0.3 is 9.88 Å². The van der Waals surface area contributed by atoms with E-state index in [0.29, 0.717) is 12.4 Å². The lowest BCUT2D eigenvalue weighted by molar-refractivity contribution is -0.123. The van der Waals surface area contributed by atoms with E-state index < -0.39 is 0 Å². The number of aromatic nitrogens is 2. The smallest absolute Gasteiger partial charge is 0.242 e. The minimum absolute atomic E-state index is 0.00177. The Balaban J connectivity index is 2.43. The van der Waals surface area contributed by atoms with Crippen LogP contribution in [0.4, 0.5) is 0 Å². The van der Waals surface area contributed by atoms with E-state index in [9.17, 15) is 4.79 Å². The predicted octanol–water partition coefficient (Wildman–Crippen LogP) is 3.17. The Morgan fingerprint density at radius 3 is 2.90 bits per heavy atom.